The van der Waals surface area contributed by atoms with Crippen molar-refractivity contribution in [3.05, 3.63) is 88.2 Å². The maximum absolute atomic E-state index is 12.3. The van der Waals surface area contributed by atoms with E-state index in [0.717, 1.165) is 22.0 Å². The lowest BCUT2D eigenvalue weighted by Gasteiger charge is -2.42. The molecule has 2 aliphatic heterocycles. The number of piperidine rings is 1. The van der Waals surface area contributed by atoms with E-state index in [0.29, 0.717) is 23.5 Å². The van der Waals surface area contributed by atoms with Crippen LogP contribution in [-0.4, -0.2) is 42.2 Å². The van der Waals surface area contributed by atoms with Crippen molar-refractivity contribution in [2.75, 3.05) is 27.2 Å². The fourth-order valence-corrected chi connectivity index (χ4v) is 5.59. The van der Waals surface area contributed by atoms with Gasteiger partial charge in [0.25, 0.3) is 0 Å². The van der Waals surface area contributed by atoms with E-state index in [9.17, 15) is 5.11 Å². The Bertz CT molecular complexity index is 1100. The van der Waals surface area contributed by atoms with Gasteiger partial charge in [-0.15, -0.1) is 0 Å². The zero-order chi connectivity index (χ0) is 24.9. The summed E-state index contributed by atoms with van der Waals surface area (Å²) >= 11 is 3.50. The highest BCUT2D eigenvalue weighted by Gasteiger charge is 2.62. The van der Waals surface area contributed by atoms with Gasteiger partial charge in [-0.2, -0.15) is 0 Å². The summed E-state index contributed by atoms with van der Waals surface area (Å²) in [4.78, 5) is 6.64. The van der Waals surface area contributed by atoms with Crippen LogP contribution in [0.15, 0.2) is 71.5 Å². The fourth-order valence-electron chi connectivity index (χ4n) is 5.32. The summed E-state index contributed by atoms with van der Waals surface area (Å²) in [5.74, 6) is 1.07. The van der Waals surface area contributed by atoms with Crippen LogP contribution in [0.1, 0.15) is 55.7 Å². The normalized spacial score (nSPS) is 23.6. The minimum atomic E-state index is -1.32. The van der Waals surface area contributed by atoms with Gasteiger partial charge in [-0.05, 0) is 51.5 Å². The second-order valence-electron chi connectivity index (χ2n) is 9.35. The van der Waals surface area contributed by atoms with E-state index >= 15 is 0 Å². The summed E-state index contributed by atoms with van der Waals surface area (Å²) in [7, 11) is 3.78. The lowest BCUT2D eigenvalue weighted by molar-refractivity contribution is -0.103. The van der Waals surface area contributed by atoms with Gasteiger partial charge in [-0.3, -0.25) is 4.98 Å². The molecule has 1 aromatic heterocycles. The second kappa shape index (κ2) is 11.1. The number of likely N-dealkylation sites (tertiary alicyclic amines) is 1. The van der Waals surface area contributed by atoms with E-state index in [-0.39, 0.29) is 0 Å². The monoisotopic (exact) mass is 538 g/mol. The molecule has 5 rings (SSSR count). The molecule has 2 unspecified atom stereocenters. The smallest absolute Gasteiger partial charge is 0.192 e. The number of aliphatic hydroxyl groups is 1. The lowest BCUT2D eigenvalue weighted by atomic mass is 9.69. The van der Waals surface area contributed by atoms with Gasteiger partial charge in [-0.25, -0.2) is 0 Å². The van der Waals surface area contributed by atoms with E-state index in [1.807, 2.05) is 54.6 Å². The molecule has 35 heavy (non-hydrogen) atoms. The van der Waals surface area contributed by atoms with E-state index in [1.165, 1.54) is 32.4 Å². The van der Waals surface area contributed by atoms with Crippen LogP contribution in [-0.2, 0) is 11.2 Å². The SMILES string of the molecule is CCCC1(O)c2c(OC)cncc2OC1(c1ccccc1)c1ccc(Br)cc1.CN1CCCCC1. The number of pyridine rings is 1. The third-order valence-electron chi connectivity index (χ3n) is 6.98. The number of aromatic nitrogens is 1. The highest BCUT2D eigenvalue weighted by Crippen LogP contribution is 2.60. The molecule has 0 bridgehead atoms. The Labute approximate surface area is 217 Å². The van der Waals surface area contributed by atoms with Crippen LogP contribution >= 0.6 is 15.9 Å². The molecule has 186 valence electrons. The molecule has 6 heteroatoms. The number of rotatable bonds is 5. The van der Waals surface area contributed by atoms with Gasteiger partial charge in [0.15, 0.2) is 5.60 Å². The number of benzene rings is 2. The summed E-state index contributed by atoms with van der Waals surface area (Å²) in [6.07, 6.45) is 8.84. The van der Waals surface area contributed by atoms with Gasteiger partial charge in [0.2, 0.25) is 0 Å². The van der Waals surface area contributed by atoms with E-state index < -0.39 is 11.2 Å². The summed E-state index contributed by atoms with van der Waals surface area (Å²) in [6, 6.07) is 17.8. The molecule has 0 radical (unpaired) electrons. The molecule has 2 atom stereocenters. The maximum atomic E-state index is 12.3. The quantitative estimate of drug-likeness (QED) is 0.414. The highest BCUT2D eigenvalue weighted by molar-refractivity contribution is 9.10. The van der Waals surface area contributed by atoms with Crippen LogP contribution in [0.4, 0.5) is 0 Å². The van der Waals surface area contributed by atoms with Crippen molar-refractivity contribution >= 4 is 15.9 Å². The first kappa shape index (κ1) is 25.7. The molecular weight excluding hydrogens is 504 g/mol. The molecule has 0 saturated carbocycles. The largest absolute Gasteiger partial charge is 0.495 e. The van der Waals surface area contributed by atoms with Crippen LogP contribution in [0.25, 0.3) is 0 Å². The number of ether oxygens (including phenoxy) is 2. The second-order valence-corrected chi connectivity index (χ2v) is 10.3. The number of halogens is 1. The third kappa shape index (κ3) is 4.84. The van der Waals surface area contributed by atoms with Crippen molar-refractivity contribution in [1.82, 2.24) is 9.88 Å². The molecule has 0 aliphatic carbocycles. The van der Waals surface area contributed by atoms with Crippen molar-refractivity contribution < 1.29 is 14.6 Å². The molecule has 3 heterocycles. The molecule has 0 spiro atoms. The van der Waals surface area contributed by atoms with E-state index in [2.05, 4.69) is 39.8 Å². The van der Waals surface area contributed by atoms with Gasteiger partial charge in [0.1, 0.15) is 17.1 Å². The summed E-state index contributed by atoms with van der Waals surface area (Å²) in [5.41, 5.74) is -0.0225. The summed E-state index contributed by atoms with van der Waals surface area (Å²) < 4.78 is 13.1. The molecular formula is C29H35BrN2O3. The van der Waals surface area contributed by atoms with Crippen LogP contribution in [0.5, 0.6) is 11.5 Å². The number of nitrogens with zero attached hydrogens (tertiary/aromatic N) is 2. The molecule has 0 amide bonds. The Balaban J connectivity index is 0.000000356. The molecule has 1 saturated heterocycles. The van der Waals surface area contributed by atoms with E-state index in [1.54, 1.807) is 19.5 Å². The predicted octanol–water partition coefficient (Wildman–Crippen LogP) is 6.28. The first-order valence-electron chi connectivity index (χ1n) is 12.4. The zero-order valence-corrected chi connectivity index (χ0v) is 22.4. The minimum absolute atomic E-state index is 0.505. The molecule has 5 nitrogen and oxygen atoms in total. The molecule has 2 aromatic carbocycles. The van der Waals surface area contributed by atoms with Crippen molar-refractivity contribution in [3.63, 3.8) is 0 Å². The Hall–Kier alpha value is -2.41. The van der Waals surface area contributed by atoms with Gasteiger partial charge in [-0.1, -0.05) is 78.2 Å². The fraction of sp³-hybridized carbons (Fsp3) is 0.414. The average molecular weight is 540 g/mol. The van der Waals surface area contributed by atoms with Crippen molar-refractivity contribution in [2.24, 2.45) is 0 Å². The number of fused-ring (bicyclic) bond motifs is 1. The van der Waals surface area contributed by atoms with Crippen molar-refractivity contribution in [2.45, 2.75) is 50.2 Å². The Morgan fingerprint density at radius 1 is 1.00 bits per heavy atom. The first-order valence-corrected chi connectivity index (χ1v) is 13.2. The van der Waals surface area contributed by atoms with Crippen molar-refractivity contribution in [3.8, 4) is 11.5 Å². The maximum Gasteiger partial charge on any atom is 0.192 e. The number of methoxy groups -OCH3 is 1. The van der Waals surface area contributed by atoms with Gasteiger partial charge in [0.05, 0.1) is 25.1 Å². The van der Waals surface area contributed by atoms with Crippen LogP contribution in [0.3, 0.4) is 0 Å². The topological polar surface area (TPSA) is 54.8 Å². The zero-order valence-electron chi connectivity index (χ0n) is 20.8. The Morgan fingerprint density at radius 3 is 2.23 bits per heavy atom. The lowest BCUT2D eigenvalue weighted by Crippen LogP contribution is -2.50. The summed E-state index contributed by atoms with van der Waals surface area (Å²) in [5, 5.41) is 12.3. The number of hydrogen-bond acceptors (Lipinski definition) is 5. The van der Waals surface area contributed by atoms with Gasteiger partial charge in [0, 0.05) is 15.6 Å². The Morgan fingerprint density at radius 2 is 1.66 bits per heavy atom. The average Bonchev–Trinajstić information content (AvgIpc) is 3.15. The van der Waals surface area contributed by atoms with Crippen LogP contribution in [0.2, 0.25) is 0 Å². The minimum Gasteiger partial charge on any atom is -0.495 e. The predicted molar refractivity (Wildman–Crippen MR) is 143 cm³/mol. The molecule has 2 aliphatic rings. The van der Waals surface area contributed by atoms with Crippen molar-refractivity contribution in [1.29, 1.82) is 0 Å². The summed E-state index contributed by atoms with van der Waals surface area (Å²) in [6.45, 7) is 4.70. The van der Waals surface area contributed by atoms with E-state index in [4.69, 9.17) is 9.47 Å². The Kier molecular flexibility index (Phi) is 8.15. The standard InChI is InChI=1S/C23H22BrNO3.C6H13N/c1-3-13-22(26)21-19(27-2)14-25-15-20(21)28-23(22,16-7-5-4-6-8-16)17-9-11-18(24)12-10-17;1-7-5-3-2-4-6-7/h4-12,14-15,26H,3,13H2,1-2H3;2-6H2,1H3. The van der Waals surface area contributed by atoms with Gasteiger partial charge >= 0.3 is 0 Å². The highest BCUT2D eigenvalue weighted by atomic mass is 79.9. The number of hydrogen-bond donors (Lipinski definition) is 1. The third-order valence-corrected chi connectivity index (χ3v) is 7.51. The van der Waals surface area contributed by atoms with Gasteiger partial charge < -0.3 is 19.5 Å². The molecule has 1 fully saturated rings. The molecule has 3 aromatic rings. The van der Waals surface area contributed by atoms with Crippen LogP contribution < -0.4 is 9.47 Å². The van der Waals surface area contributed by atoms with Crippen LogP contribution in [0, 0.1) is 0 Å². The molecule has 1 N–H and O–H groups in total. The first-order chi connectivity index (χ1) is 17.0.